The van der Waals surface area contributed by atoms with Crippen LogP contribution in [0.4, 0.5) is 13.2 Å². The Labute approximate surface area is 116 Å². The first-order chi connectivity index (χ1) is 9.50. The van der Waals surface area contributed by atoms with Crippen LogP contribution < -0.4 is 4.74 Å². The number of aromatic nitrogens is 2. The molecule has 1 aromatic carbocycles. The number of hydrogen-bond acceptors (Lipinski definition) is 3. The lowest BCUT2D eigenvalue weighted by atomic mass is 10.1. The quantitative estimate of drug-likeness (QED) is 0.712. The molecule has 0 aliphatic heterocycles. The van der Waals surface area contributed by atoms with E-state index < -0.39 is 11.7 Å². The molecule has 0 fully saturated rings. The maximum atomic E-state index is 13.1. The Morgan fingerprint density at radius 2 is 1.95 bits per heavy atom. The number of nitrogens with zero attached hydrogens (tertiary/aromatic N) is 2. The maximum absolute atomic E-state index is 13.1. The lowest BCUT2D eigenvalue weighted by molar-refractivity contribution is -0.137. The van der Waals surface area contributed by atoms with Gasteiger partial charge in [0.25, 0.3) is 5.19 Å². The molecular formula is C13H9F3N2OS. The highest BCUT2D eigenvalue weighted by Crippen LogP contribution is 2.36. The van der Waals surface area contributed by atoms with E-state index in [4.69, 9.17) is 4.74 Å². The SMILES string of the molecule is COc1nc2c(ccn2-c2ccccc2C(F)(F)F)s1. The normalized spacial score (nSPS) is 12.0. The van der Waals surface area contributed by atoms with Gasteiger partial charge in [0.05, 0.1) is 23.1 Å². The molecule has 2 heterocycles. The van der Waals surface area contributed by atoms with Crippen LogP contribution in [0.2, 0.25) is 0 Å². The van der Waals surface area contributed by atoms with Crippen LogP contribution >= 0.6 is 11.3 Å². The van der Waals surface area contributed by atoms with Gasteiger partial charge in [-0.3, -0.25) is 4.57 Å². The van der Waals surface area contributed by atoms with E-state index in [1.54, 1.807) is 18.3 Å². The van der Waals surface area contributed by atoms with Gasteiger partial charge in [0.15, 0.2) is 5.65 Å². The van der Waals surface area contributed by atoms with E-state index in [2.05, 4.69) is 4.98 Å². The molecule has 0 N–H and O–H groups in total. The second kappa shape index (κ2) is 4.52. The van der Waals surface area contributed by atoms with Crippen molar-refractivity contribution in [3.63, 3.8) is 0 Å². The van der Waals surface area contributed by atoms with E-state index in [1.165, 1.54) is 35.1 Å². The molecular weight excluding hydrogens is 289 g/mol. The first-order valence-electron chi connectivity index (χ1n) is 5.69. The van der Waals surface area contributed by atoms with Crippen molar-refractivity contribution < 1.29 is 17.9 Å². The summed E-state index contributed by atoms with van der Waals surface area (Å²) < 4.78 is 46.4. The number of hydrogen-bond donors (Lipinski definition) is 0. The molecule has 0 spiro atoms. The minimum Gasteiger partial charge on any atom is -0.473 e. The van der Waals surface area contributed by atoms with Crippen LogP contribution in [0.3, 0.4) is 0 Å². The topological polar surface area (TPSA) is 27.1 Å². The zero-order valence-corrected chi connectivity index (χ0v) is 11.1. The largest absolute Gasteiger partial charge is 0.473 e. The number of benzene rings is 1. The number of ether oxygens (including phenoxy) is 1. The predicted molar refractivity (Wildman–Crippen MR) is 70.5 cm³/mol. The summed E-state index contributed by atoms with van der Waals surface area (Å²) in [5.74, 6) is 0. The van der Waals surface area contributed by atoms with E-state index >= 15 is 0 Å². The third-order valence-corrected chi connectivity index (χ3v) is 3.83. The van der Waals surface area contributed by atoms with Crippen molar-refractivity contribution in [2.24, 2.45) is 0 Å². The number of para-hydroxylation sites is 1. The fourth-order valence-electron chi connectivity index (χ4n) is 2.00. The zero-order valence-electron chi connectivity index (χ0n) is 10.3. The molecule has 0 aliphatic carbocycles. The molecule has 0 aliphatic rings. The highest BCUT2D eigenvalue weighted by atomic mass is 32.1. The van der Waals surface area contributed by atoms with Gasteiger partial charge >= 0.3 is 6.18 Å². The molecule has 0 saturated carbocycles. The Bertz CT molecular complexity index is 760. The molecule has 3 aromatic rings. The first kappa shape index (κ1) is 13.0. The minimum absolute atomic E-state index is 0.0583. The lowest BCUT2D eigenvalue weighted by Crippen LogP contribution is -2.10. The molecule has 104 valence electrons. The molecule has 0 bridgehead atoms. The molecule has 7 heteroatoms. The van der Waals surface area contributed by atoms with Gasteiger partial charge in [-0.1, -0.05) is 23.5 Å². The van der Waals surface area contributed by atoms with Gasteiger partial charge in [-0.2, -0.15) is 18.2 Å². The van der Waals surface area contributed by atoms with E-state index in [-0.39, 0.29) is 5.69 Å². The van der Waals surface area contributed by atoms with Gasteiger partial charge in [0.2, 0.25) is 0 Å². The summed E-state index contributed by atoms with van der Waals surface area (Å²) in [5.41, 5.74) is -0.170. The highest BCUT2D eigenvalue weighted by Gasteiger charge is 2.34. The maximum Gasteiger partial charge on any atom is 0.418 e. The van der Waals surface area contributed by atoms with Crippen LogP contribution in [0.5, 0.6) is 5.19 Å². The third kappa shape index (κ3) is 2.03. The summed E-state index contributed by atoms with van der Waals surface area (Å²) in [6.07, 6.45) is -2.83. The number of fused-ring (bicyclic) bond motifs is 1. The molecule has 3 nitrogen and oxygen atoms in total. The van der Waals surface area contributed by atoms with Crippen LogP contribution in [0.15, 0.2) is 36.5 Å². The molecule has 0 unspecified atom stereocenters. The predicted octanol–water partition coefficient (Wildman–Crippen LogP) is 4.11. The minimum atomic E-state index is -4.41. The fraction of sp³-hybridized carbons (Fsp3) is 0.154. The van der Waals surface area contributed by atoms with Crippen molar-refractivity contribution in [1.29, 1.82) is 0 Å². The molecule has 3 rings (SSSR count). The summed E-state index contributed by atoms with van der Waals surface area (Å²) in [4.78, 5) is 4.18. The van der Waals surface area contributed by atoms with Gasteiger partial charge < -0.3 is 4.74 Å². The van der Waals surface area contributed by atoms with E-state index in [9.17, 15) is 13.2 Å². The van der Waals surface area contributed by atoms with Crippen molar-refractivity contribution >= 4 is 21.7 Å². The van der Waals surface area contributed by atoms with Crippen molar-refractivity contribution in [3.05, 3.63) is 42.1 Å². The van der Waals surface area contributed by atoms with E-state index in [0.717, 1.165) is 10.8 Å². The number of methoxy groups -OCH3 is 1. The van der Waals surface area contributed by atoms with Crippen LogP contribution in [-0.2, 0) is 6.18 Å². The zero-order chi connectivity index (χ0) is 14.3. The molecule has 2 aromatic heterocycles. The fourth-order valence-corrected chi connectivity index (χ4v) is 2.77. The summed E-state index contributed by atoms with van der Waals surface area (Å²) in [6.45, 7) is 0. The van der Waals surface area contributed by atoms with Crippen LogP contribution in [0, 0.1) is 0 Å². The van der Waals surface area contributed by atoms with Gasteiger partial charge in [-0.15, -0.1) is 0 Å². The number of thiazole rings is 1. The number of halogens is 3. The van der Waals surface area contributed by atoms with Crippen LogP contribution in [0.1, 0.15) is 5.56 Å². The Morgan fingerprint density at radius 3 is 2.65 bits per heavy atom. The standard InChI is InChI=1S/C13H9F3N2OS/c1-19-12-17-11-10(20-12)6-7-18(11)9-5-3-2-4-8(9)13(14,15)16/h2-7H,1H3. The van der Waals surface area contributed by atoms with Crippen molar-refractivity contribution in [1.82, 2.24) is 9.55 Å². The Morgan fingerprint density at radius 1 is 1.20 bits per heavy atom. The summed E-state index contributed by atoms with van der Waals surface area (Å²) in [6, 6.07) is 7.15. The molecule has 20 heavy (non-hydrogen) atoms. The number of alkyl halides is 3. The van der Waals surface area contributed by atoms with Crippen molar-refractivity contribution in [2.75, 3.05) is 7.11 Å². The van der Waals surface area contributed by atoms with E-state index in [0.29, 0.717) is 10.8 Å². The van der Waals surface area contributed by atoms with Gasteiger partial charge in [0.1, 0.15) is 0 Å². The van der Waals surface area contributed by atoms with Gasteiger partial charge in [-0.25, -0.2) is 0 Å². The van der Waals surface area contributed by atoms with Crippen LogP contribution in [-0.4, -0.2) is 16.7 Å². The molecule has 0 atom stereocenters. The number of rotatable bonds is 2. The smallest absolute Gasteiger partial charge is 0.418 e. The summed E-state index contributed by atoms with van der Waals surface area (Å²) in [5, 5.41) is 0.425. The van der Waals surface area contributed by atoms with Crippen molar-refractivity contribution in [2.45, 2.75) is 6.18 Å². The van der Waals surface area contributed by atoms with Crippen LogP contribution in [0.25, 0.3) is 16.0 Å². The first-order valence-corrected chi connectivity index (χ1v) is 6.51. The Balaban J connectivity index is 2.23. The second-order valence-corrected chi connectivity index (χ2v) is 5.07. The van der Waals surface area contributed by atoms with Crippen molar-refractivity contribution in [3.8, 4) is 10.9 Å². The molecule has 0 saturated heterocycles. The average Bonchev–Trinajstić information content (AvgIpc) is 2.96. The van der Waals surface area contributed by atoms with Gasteiger partial charge in [0, 0.05) is 6.20 Å². The highest BCUT2D eigenvalue weighted by molar-refractivity contribution is 7.20. The monoisotopic (exact) mass is 298 g/mol. The third-order valence-electron chi connectivity index (χ3n) is 2.86. The second-order valence-electron chi connectivity index (χ2n) is 4.07. The molecule has 0 radical (unpaired) electrons. The average molecular weight is 298 g/mol. The summed E-state index contributed by atoms with van der Waals surface area (Å²) >= 11 is 1.29. The summed E-state index contributed by atoms with van der Waals surface area (Å²) in [7, 11) is 1.48. The lowest BCUT2D eigenvalue weighted by Gasteiger charge is -2.13. The van der Waals surface area contributed by atoms with Gasteiger partial charge in [-0.05, 0) is 18.2 Å². The van der Waals surface area contributed by atoms with E-state index in [1.807, 2.05) is 0 Å². The Kier molecular flexibility index (Phi) is 2.93. The molecule has 0 amide bonds. The Hall–Kier alpha value is -2.02.